The highest BCUT2D eigenvalue weighted by Gasteiger charge is 2.46. The molecule has 0 heterocycles. The fourth-order valence-electron chi connectivity index (χ4n) is 2.36. The first kappa shape index (κ1) is 15.4. The number of carboxylic acids is 1. The van der Waals surface area contributed by atoms with E-state index in [9.17, 15) is 14.7 Å². The number of carbonyl (C=O) groups is 2. The number of hydrogen-bond acceptors (Lipinski definition) is 3. The number of aliphatic carboxylic acids is 1. The molecule has 0 spiro atoms. The van der Waals surface area contributed by atoms with Gasteiger partial charge in [0.25, 0.3) is 0 Å². The summed E-state index contributed by atoms with van der Waals surface area (Å²) in [4.78, 5) is 22.1. The van der Waals surface area contributed by atoms with E-state index >= 15 is 0 Å². The SMILES string of the molecule is CC1=CC(=O)CC(C)(C)[C@@]1(O)/C=C/C(C)=C/C(=O)O. The molecule has 1 rings (SSSR count). The molecule has 2 N–H and O–H groups in total. The van der Waals surface area contributed by atoms with Gasteiger partial charge in [0.15, 0.2) is 5.78 Å². The molecule has 0 unspecified atom stereocenters. The molecule has 104 valence electrons. The molecule has 0 aromatic heterocycles. The van der Waals surface area contributed by atoms with Crippen molar-refractivity contribution in [2.75, 3.05) is 0 Å². The van der Waals surface area contributed by atoms with Crippen LogP contribution in [0.5, 0.6) is 0 Å². The highest BCUT2D eigenvalue weighted by molar-refractivity contribution is 5.92. The molecule has 4 nitrogen and oxygen atoms in total. The van der Waals surface area contributed by atoms with Crippen LogP contribution in [-0.4, -0.2) is 27.6 Å². The summed E-state index contributed by atoms with van der Waals surface area (Å²) < 4.78 is 0. The van der Waals surface area contributed by atoms with E-state index in [4.69, 9.17) is 5.11 Å². The minimum atomic E-state index is -1.24. The fourth-order valence-corrected chi connectivity index (χ4v) is 2.36. The van der Waals surface area contributed by atoms with E-state index in [1.54, 1.807) is 26.0 Å². The van der Waals surface area contributed by atoms with Gasteiger partial charge in [-0.1, -0.05) is 19.9 Å². The smallest absolute Gasteiger partial charge is 0.328 e. The maximum atomic E-state index is 11.6. The van der Waals surface area contributed by atoms with Crippen LogP contribution in [0.4, 0.5) is 0 Å². The lowest BCUT2D eigenvalue weighted by atomic mass is 9.64. The van der Waals surface area contributed by atoms with Gasteiger partial charge in [0.05, 0.1) is 0 Å². The lowest BCUT2D eigenvalue weighted by molar-refractivity contribution is -0.131. The number of rotatable bonds is 3. The lowest BCUT2D eigenvalue weighted by Gasteiger charge is -2.43. The number of carboxylic acid groups (broad SMARTS) is 1. The van der Waals surface area contributed by atoms with Gasteiger partial charge in [0, 0.05) is 17.9 Å². The average molecular weight is 264 g/mol. The Balaban J connectivity index is 3.15. The van der Waals surface area contributed by atoms with Crippen LogP contribution >= 0.6 is 0 Å². The molecule has 0 aromatic carbocycles. The second-order valence-corrected chi connectivity index (χ2v) is 5.68. The molecule has 1 aliphatic carbocycles. The normalized spacial score (nSPS) is 27.5. The molecule has 0 amide bonds. The van der Waals surface area contributed by atoms with Crippen molar-refractivity contribution in [1.82, 2.24) is 0 Å². The molecule has 19 heavy (non-hydrogen) atoms. The summed E-state index contributed by atoms with van der Waals surface area (Å²) in [5, 5.41) is 19.4. The van der Waals surface area contributed by atoms with Crippen molar-refractivity contribution in [1.29, 1.82) is 0 Å². The first-order chi connectivity index (χ1) is 8.58. The molecule has 0 saturated carbocycles. The maximum Gasteiger partial charge on any atom is 0.328 e. The highest BCUT2D eigenvalue weighted by Crippen LogP contribution is 2.44. The Kier molecular flexibility index (Phi) is 4.15. The van der Waals surface area contributed by atoms with Crippen molar-refractivity contribution >= 4 is 11.8 Å². The summed E-state index contributed by atoms with van der Waals surface area (Å²) in [5.74, 6) is -1.03. The second-order valence-electron chi connectivity index (χ2n) is 5.68. The zero-order valence-corrected chi connectivity index (χ0v) is 11.7. The molecule has 1 atom stereocenters. The quantitative estimate of drug-likeness (QED) is 0.605. The van der Waals surface area contributed by atoms with E-state index < -0.39 is 17.0 Å². The molecule has 0 aromatic rings. The van der Waals surface area contributed by atoms with Crippen molar-refractivity contribution in [2.24, 2.45) is 5.41 Å². The highest BCUT2D eigenvalue weighted by atomic mass is 16.4. The Morgan fingerprint density at radius 1 is 1.42 bits per heavy atom. The Morgan fingerprint density at radius 2 is 2.00 bits per heavy atom. The molecular weight excluding hydrogens is 244 g/mol. The first-order valence-corrected chi connectivity index (χ1v) is 6.13. The standard InChI is InChI=1S/C15H20O4/c1-10(7-13(17)18)5-6-15(19)11(2)8-12(16)9-14(15,3)4/h5-8,19H,9H2,1-4H3,(H,17,18)/b6-5+,10-7+/t15-/m1/s1. The Hall–Kier alpha value is -1.68. The van der Waals surface area contributed by atoms with E-state index in [0.29, 0.717) is 11.1 Å². The zero-order chi connectivity index (χ0) is 14.8. The van der Waals surface area contributed by atoms with Gasteiger partial charge in [-0.05, 0) is 37.1 Å². The summed E-state index contributed by atoms with van der Waals surface area (Å²) in [6.07, 6.45) is 5.92. The van der Waals surface area contributed by atoms with Crippen LogP contribution in [-0.2, 0) is 9.59 Å². The molecule has 0 fully saturated rings. The van der Waals surface area contributed by atoms with E-state index in [1.807, 2.05) is 13.8 Å². The number of carbonyl (C=O) groups excluding carboxylic acids is 1. The van der Waals surface area contributed by atoms with Gasteiger partial charge in [-0.3, -0.25) is 4.79 Å². The van der Waals surface area contributed by atoms with Crippen LogP contribution in [0.1, 0.15) is 34.1 Å². The third-order valence-corrected chi connectivity index (χ3v) is 3.57. The van der Waals surface area contributed by atoms with Gasteiger partial charge in [0.2, 0.25) is 0 Å². The van der Waals surface area contributed by atoms with Crippen molar-refractivity contribution < 1.29 is 19.8 Å². The molecular formula is C15H20O4. The minimum Gasteiger partial charge on any atom is -0.478 e. The van der Waals surface area contributed by atoms with Crippen LogP contribution in [0.2, 0.25) is 0 Å². The summed E-state index contributed by atoms with van der Waals surface area (Å²) in [6.45, 7) is 7.00. The third-order valence-electron chi connectivity index (χ3n) is 3.57. The predicted molar refractivity (Wildman–Crippen MR) is 72.6 cm³/mol. The second kappa shape index (κ2) is 5.13. The van der Waals surface area contributed by atoms with Gasteiger partial charge < -0.3 is 10.2 Å². The first-order valence-electron chi connectivity index (χ1n) is 6.13. The Labute approximate surface area is 113 Å². The largest absolute Gasteiger partial charge is 0.478 e. The van der Waals surface area contributed by atoms with Gasteiger partial charge in [-0.2, -0.15) is 0 Å². The Morgan fingerprint density at radius 3 is 2.47 bits per heavy atom. The lowest BCUT2D eigenvalue weighted by Crippen LogP contribution is -2.48. The van der Waals surface area contributed by atoms with Crippen LogP contribution in [0, 0.1) is 5.41 Å². The molecule has 0 saturated heterocycles. The van der Waals surface area contributed by atoms with Crippen LogP contribution in [0.3, 0.4) is 0 Å². The summed E-state index contributed by atoms with van der Waals surface area (Å²) in [7, 11) is 0. The van der Waals surface area contributed by atoms with E-state index in [-0.39, 0.29) is 12.2 Å². The van der Waals surface area contributed by atoms with Gasteiger partial charge in [-0.15, -0.1) is 0 Å². The van der Waals surface area contributed by atoms with E-state index in [2.05, 4.69) is 0 Å². The topological polar surface area (TPSA) is 74.6 Å². The Bertz CT molecular complexity index is 494. The van der Waals surface area contributed by atoms with Crippen LogP contribution < -0.4 is 0 Å². The summed E-state index contributed by atoms with van der Waals surface area (Å²) >= 11 is 0. The number of aliphatic hydroxyl groups is 1. The zero-order valence-electron chi connectivity index (χ0n) is 11.7. The molecule has 0 radical (unpaired) electrons. The summed E-state index contributed by atoms with van der Waals surface area (Å²) in [5.41, 5.74) is -0.758. The van der Waals surface area contributed by atoms with E-state index in [0.717, 1.165) is 6.08 Å². The molecule has 0 aliphatic heterocycles. The monoisotopic (exact) mass is 264 g/mol. The molecule has 1 aliphatic rings. The molecule has 0 bridgehead atoms. The predicted octanol–water partition coefficient (Wildman–Crippen LogP) is 2.25. The summed E-state index contributed by atoms with van der Waals surface area (Å²) in [6, 6.07) is 0. The number of ketones is 1. The van der Waals surface area contributed by atoms with Gasteiger partial charge >= 0.3 is 5.97 Å². The van der Waals surface area contributed by atoms with Gasteiger partial charge in [-0.25, -0.2) is 4.79 Å². The molecule has 4 heteroatoms. The third kappa shape index (κ3) is 3.20. The number of allylic oxidation sites excluding steroid dienone is 3. The minimum absolute atomic E-state index is 0.00150. The van der Waals surface area contributed by atoms with Crippen molar-refractivity contribution in [3.8, 4) is 0 Å². The van der Waals surface area contributed by atoms with Crippen molar-refractivity contribution in [3.05, 3.63) is 35.5 Å². The fraction of sp³-hybridized carbons (Fsp3) is 0.467. The van der Waals surface area contributed by atoms with Crippen molar-refractivity contribution in [3.63, 3.8) is 0 Å². The maximum absolute atomic E-state index is 11.6. The average Bonchev–Trinajstić information content (AvgIpc) is 2.21. The van der Waals surface area contributed by atoms with Crippen LogP contribution in [0.25, 0.3) is 0 Å². The van der Waals surface area contributed by atoms with E-state index in [1.165, 1.54) is 6.08 Å². The van der Waals surface area contributed by atoms with Gasteiger partial charge in [0.1, 0.15) is 5.60 Å². The number of hydrogen-bond donors (Lipinski definition) is 2. The van der Waals surface area contributed by atoms with Crippen molar-refractivity contribution in [2.45, 2.75) is 39.7 Å². The van der Waals surface area contributed by atoms with Crippen LogP contribution in [0.15, 0.2) is 35.5 Å².